The fraction of sp³-hybridized carbons (Fsp3) is 0.190. The first-order chi connectivity index (χ1) is 13.0. The lowest BCUT2D eigenvalue weighted by atomic mass is 10.1. The van der Waals surface area contributed by atoms with Gasteiger partial charge < -0.3 is 5.32 Å². The molecule has 0 bridgehead atoms. The Morgan fingerprint density at radius 3 is 2.78 bits per heavy atom. The van der Waals surface area contributed by atoms with Gasteiger partial charge in [0.15, 0.2) is 5.16 Å². The Bertz CT molecular complexity index is 1020. The van der Waals surface area contributed by atoms with Crippen molar-refractivity contribution in [1.29, 1.82) is 5.26 Å². The Labute approximate surface area is 163 Å². The maximum absolute atomic E-state index is 12.6. The largest absolute Gasteiger partial charge is 0.324 e. The molecule has 1 atom stereocenters. The maximum atomic E-state index is 12.6. The molecule has 0 saturated carbocycles. The smallest absolute Gasteiger partial charge is 0.237 e. The van der Waals surface area contributed by atoms with Gasteiger partial charge in [-0.3, -0.25) is 9.36 Å². The van der Waals surface area contributed by atoms with Crippen molar-refractivity contribution in [2.45, 2.75) is 31.2 Å². The number of nitrogens with zero attached hydrogens (tertiary/aromatic N) is 3. The number of nitriles is 1. The van der Waals surface area contributed by atoms with E-state index in [0.717, 1.165) is 16.4 Å². The zero-order valence-electron chi connectivity index (χ0n) is 15.4. The number of amides is 1. The van der Waals surface area contributed by atoms with E-state index in [2.05, 4.69) is 48.4 Å². The molecule has 6 heteroatoms. The molecule has 1 N–H and O–H groups in total. The van der Waals surface area contributed by atoms with Gasteiger partial charge in [-0.05, 0) is 44.5 Å². The van der Waals surface area contributed by atoms with Gasteiger partial charge in [0.05, 0.1) is 22.2 Å². The normalized spacial score (nSPS) is 11.6. The van der Waals surface area contributed by atoms with E-state index < -0.39 is 0 Å². The highest BCUT2D eigenvalue weighted by Crippen LogP contribution is 2.27. The number of benzene rings is 2. The standard InChI is InChI=1S/C21H20N4OS/c1-14-8-9-19(15(2)12-14)25-11-10-23-21(25)27-16(3)20(26)24-18-7-5-4-6-17(18)13-22/h4-12,16H,1-3H3,(H,24,26). The maximum Gasteiger partial charge on any atom is 0.237 e. The molecule has 3 aromatic rings. The zero-order valence-corrected chi connectivity index (χ0v) is 16.2. The van der Waals surface area contributed by atoms with E-state index in [9.17, 15) is 4.79 Å². The lowest BCUT2D eigenvalue weighted by Crippen LogP contribution is -2.23. The number of aryl methyl sites for hydroxylation is 2. The van der Waals surface area contributed by atoms with Crippen LogP contribution in [0.25, 0.3) is 5.69 Å². The number of hydrogen-bond donors (Lipinski definition) is 1. The Hall–Kier alpha value is -3.04. The lowest BCUT2D eigenvalue weighted by Gasteiger charge is -2.15. The van der Waals surface area contributed by atoms with E-state index in [-0.39, 0.29) is 11.2 Å². The van der Waals surface area contributed by atoms with Crippen LogP contribution in [0.1, 0.15) is 23.6 Å². The van der Waals surface area contributed by atoms with Crippen LogP contribution in [0.4, 0.5) is 5.69 Å². The molecule has 27 heavy (non-hydrogen) atoms. The van der Waals surface area contributed by atoms with E-state index in [1.165, 1.54) is 17.3 Å². The highest BCUT2D eigenvalue weighted by Gasteiger charge is 2.19. The van der Waals surface area contributed by atoms with E-state index in [4.69, 9.17) is 5.26 Å². The number of rotatable bonds is 5. The van der Waals surface area contributed by atoms with Crippen LogP contribution in [0.2, 0.25) is 0 Å². The summed E-state index contributed by atoms with van der Waals surface area (Å²) in [5, 5.41) is 12.4. The molecule has 1 heterocycles. The fourth-order valence-corrected chi connectivity index (χ4v) is 3.65. The second-order valence-electron chi connectivity index (χ2n) is 6.28. The van der Waals surface area contributed by atoms with Crippen LogP contribution in [-0.2, 0) is 4.79 Å². The number of carbonyl (C=O) groups is 1. The Kier molecular flexibility index (Phi) is 5.63. The molecular weight excluding hydrogens is 356 g/mol. The number of nitrogens with one attached hydrogen (secondary N) is 1. The van der Waals surface area contributed by atoms with Crippen LogP contribution in [0.15, 0.2) is 60.0 Å². The number of hydrogen-bond acceptors (Lipinski definition) is 4. The Morgan fingerprint density at radius 2 is 2.04 bits per heavy atom. The average molecular weight is 376 g/mol. The summed E-state index contributed by atoms with van der Waals surface area (Å²) < 4.78 is 1.99. The lowest BCUT2D eigenvalue weighted by molar-refractivity contribution is -0.115. The van der Waals surface area contributed by atoms with E-state index in [1.54, 1.807) is 30.5 Å². The first-order valence-electron chi connectivity index (χ1n) is 8.57. The van der Waals surface area contributed by atoms with Crippen LogP contribution in [-0.4, -0.2) is 20.7 Å². The predicted octanol–water partition coefficient (Wildman–Crippen LogP) is 4.48. The molecule has 2 aromatic carbocycles. The highest BCUT2D eigenvalue weighted by molar-refractivity contribution is 8.00. The second-order valence-corrected chi connectivity index (χ2v) is 7.58. The Morgan fingerprint density at radius 1 is 1.26 bits per heavy atom. The van der Waals surface area contributed by atoms with Gasteiger partial charge in [-0.1, -0.05) is 41.6 Å². The summed E-state index contributed by atoms with van der Waals surface area (Å²) in [5.41, 5.74) is 4.36. The molecule has 0 aliphatic rings. The van der Waals surface area contributed by atoms with E-state index in [0.29, 0.717) is 11.3 Å². The predicted molar refractivity (Wildman–Crippen MR) is 108 cm³/mol. The van der Waals surface area contributed by atoms with Crippen molar-refractivity contribution < 1.29 is 4.79 Å². The van der Waals surface area contributed by atoms with Gasteiger partial charge in [0.25, 0.3) is 0 Å². The quantitative estimate of drug-likeness (QED) is 0.667. The zero-order chi connectivity index (χ0) is 19.4. The molecule has 0 spiro atoms. The van der Waals surface area contributed by atoms with Gasteiger partial charge in [-0.25, -0.2) is 4.98 Å². The summed E-state index contributed by atoms with van der Waals surface area (Å²) in [6, 6.07) is 15.3. The molecule has 0 fully saturated rings. The highest BCUT2D eigenvalue weighted by atomic mass is 32.2. The molecule has 136 valence electrons. The van der Waals surface area contributed by atoms with Crippen LogP contribution >= 0.6 is 11.8 Å². The minimum atomic E-state index is -0.372. The van der Waals surface area contributed by atoms with Crippen LogP contribution in [0.5, 0.6) is 0 Å². The number of imidazole rings is 1. The monoisotopic (exact) mass is 376 g/mol. The molecule has 3 rings (SSSR count). The summed E-state index contributed by atoms with van der Waals surface area (Å²) in [7, 11) is 0. The van der Waals surface area contributed by atoms with Gasteiger partial charge in [-0.15, -0.1) is 0 Å². The van der Waals surface area contributed by atoms with Crippen molar-refractivity contribution in [3.05, 3.63) is 71.5 Å². The van der Waals surface area contributed by atoms with Gasteiger partial charge >= 0.3 is 0 Å². The van der Waals surface area contributed by atoms with Gasteiger partial charge in [0, 0.05) is 12.4 Å². The molecule has 0 aliphatic heterocycles. The van der Waals surface area contributed by atoms with Crippen molar-refractivity contribution >= 4 is 23.4 Å². The van der Waals surface area contributed by atoms with Crippen molar-refractivity contribution in [3.8, 4) is 11.8 Å². The third kappa shape index (κ3) is 4.21. The van der Waals surface area contributed by atoms with Gasteiger partial charge in [-0.2, -0.15) is 5.26 Å². The molecular formula is C21H20N4OS. The SMILES string of the molecule is Cc1ccc(-n2ccnc2SC(C)C(=O)Nc2ccccc2C#N)c(C)c1. The first kappa shape index (κ1) is 18.7. The molecule has 1 amide bonds. The molecule has 0 saturated heterocycles. The van der Waals surface area contributed by atoms with E-state index in [1.807, 2.05) is 17.7 Å². The number of thioether (sulfide) groups is 1. The fourth-order valence-electron chi connectivity index (χ4n) is 2.77. The molecule has 1 unspecified atom stereocenters. The minimum absolute atomic E-state index is 0.169. The molecule has 0 aliphatic carbocycles. The van der Waals surface area contributed by atoms with Crippen molar-refractivity contribution in [2.24, 2.45) is 0 Å². The van der Waals surface area contributed by atoms with Gasteiger partial charge in [0.1, 0.15) is 6.07 Å². The summed E-state index contributed by atoms with van der Waals surface area (Å²) in [6.07, 6.45) is 3.63. The third-order valence-electron chi connectivity index (χ3n) is 4.18. The molecule has 5 nitrogen and oxygen atoms in total. The average Bonchev–Trinajstić information content (AvgIpc) is 3.10. The van der Waals surface area contributed by atoms with Gasteiger partial charge in [0.2, 0.25) is 5.91 Å². The van der Waals surface area contributed by atoms with Crippen molar-refractivity contribution in [1.82, 2.24) is 9.55 Å². The Balaban J connectivity index is 1.77. The number of aromatic nitrogens is 2. The van der Waals surface area contributed by atoms with Crippen LogP contribution in [0, 0.1) is 25.2 Å². The molecule has 1 aromatic heterocycles. The summed E-state index contributed by atoms with van der Waals surface area (Å²) in [5.74, 6) is -0.169. The summed E-state index contributed by atoms with van der Waals surface area (Å²) in [4.78, 5) is 17.0. The van der Waals surface area contributed by atoms with Crippen molar-refractivity contribution in [2.75, 3.05) is 5.32 Å². The second kappa shape index (κ2) is 8.11. The number of carbonyl (C=O) groups excluding carboxylic acids is 1. The minimum Gasteiger partial charge on any atom is -0.324 e. The van der Waals surface area contributed by atoms with Crippen LogP contribution < -0.4 is 5.32 Å². The topological polar surface area (TPSA) is 70.7 Å². The van der Waals surface area contributed by atoms with Crippen LogP contribution in [0.3, 0.4) is 0 Å². The summed E-state index contributed by atoms with van der Waals surface area (Å²) >= 11 is 1.38. The summed E-state index contributed by atoms with van der Waals surface area (Å²) in [6.45, 7) is 5.95. The molecule has 0 radical (unpaired) electrons. The van der Waals surface area contributed by atoms with Crippen molar-refractivity contribution in [3.63, 3.8) is 0 Å². The number of anilines is 1. The number of para-hydroxylation sites is 1. The third-order valence-corrected chi connectivity index (χ3v) is 5.26. The first-order valence-corrected chi connectivity index (χ1v) is 9.45. The van der Waals surface area contributed by atoms with E-state index >= 15 is 0 Å².